The molecule has 3 heterocycles. The molecule has 2 amide bonds. The van der Waals surface area contributed by atoms with Gasteiger partial charge in [-0.2, -0.15) is 0 Å². The summed E-state index contributed by atoms with van der Waals surface area (Å²) in [4.78, 5) is 34.6. The van der Waals surface area contributed by atoms with Crippen molar-refractivity contribution in [3.8, 4) is 5.75 Å². The van der Waals surface area contributed by atoms with E-state index in [-0.39, 0.29) is 30.4 Å². The molecule has 0 aliphatic carbocycles. The number of hydrogen-bond acceptors (Lipinski definition) is 5. The highest BCUT2D eigenvalue weighted by Crippen LogP contribution is 2.36. The lowest BCUT2D eigenvalue weighted by Gasteiger charge is -2.37. The summed E-state index contributed by atoms with van der Waals surface area (Å²) >= 11 is 0. The Morgan fingerprint density at radius 1 is 1.28 bits per heavy atom. The molecule has 0 radical (unpaired) electrons. The standard InChI is InChI=1S/C25H31N3O4/c1-17(2)24-25(30)28(21-13-18(3)9-10-22(21)32-24)16-23(29)27(15-20-8-6-12-31-20)14-19-7-4-5-11-26-19/h4-5,7,9-11,13,17,20,24H,6,8,12,14-16H2,1-3H3. The van der Waals surface area contributed by atoms with Crippen molar-refractivity contribution in [3.63, 3.8) is 0 Å². The minimum atomic E-state index is -0.611. The van der Waals surface area contributed by atoms with Crippen LogP contribution in [0.25, 0.3) is 0 Å². The maximum absolute atomic E-state index is 13.5. The van der Waals surface area contributed by atoms with Crippen LogP contribution in [0.5, 0.6) is 5.75 Å². The molecule has 0 N–H and O–H groups in total. The van der Waals surface area contributed by atoms with Crippen LogP contribution in [0, 0.1) is 12.8 Å². The lowest BCUT2D eigenvalue weighted by atomic mass is 10.0. The Hall–Kier alpha value is -2.93. The highest BCUT2D eigenvalue weighted by Gasteiger charge is 2.38. The molecule has 4 rings (SSSR count). The molecule has 2 aromatic rings. The number of rotatable bonds is 7. The highest BCUT2D eigenvalue weighted by atomic mass is 16.5. The lowest BCUT2D eigenvalue weighted by Crippen LogP contribution is -2.52. The number of pyridine rings is 1. The highest BCUT2D eigenvalue weighted by molar-refractivity contribution is 6.04. The molecular formula is C25H31N3O4. The summed E-state index contributed by atoms with van der Waals surface area (Å²) in [5, 5.41) is 0. The summed E-state index contributed by atoms with van der Waals surface area (Å²) in [5.74, 6) is 0.320. The first kappa shape index (κ1) is 22.3. The summed E-state index contributed by atoms with van der Waals surface area (Å²) < 4.78 is 11.8. The SMILES string of the molecule is Cc1ccc2c(c1)N(CC(=O)N(Cc1ccccn1)CC1CCCO1)C(=O)C(C(C)C)O2. The number of ether oxygens (including phenoxy) is 2. The van der Waals surface area contributed by atoms with Gasteiger partial charge in [0.25, 0.3) is 5.91 Å². The van der Waals surface area contributed by atoms with Gasteiger partial charge in [-0.15, -0.1) is 0 Å². The van der Waals surface area contributed by atoms with E-state index in [0.717, 1.165) is 30.7 Å². The molecule has 2 aliphatic rings. The van der Waals surface area contributed by atoms with Crippen LogP contribution in [0.1, 0.15) is 37.9 Å². The molecular weight excluding hydrogens is 406 g/mol. The largest absolute Gasteiger partial charge is 0.478 e. The van der Waals surface area contributed by atoms with Crippen LogP contribution >= 0.6 is 0 Å². The van der Waals surface area contributed by atoms with Crippen LogP contribution in [0.2, 0.25) is 0 Å². The van der Waals surface area contributed by atoms with Crippen LogP contribution in [-0.2, 0) is 20.9 Å². The maximum atomic E-state index is 13.5. The van der Waals surface area contributed by atoms with Crippen molar-refractivity contribution in [1.82, 2.24) is 9.88 Å². The van der Waals surface area contributed by atoms with E-state index in [0.29, 0.717) is 24.5 Å². The molecule has 0 bridgehead atoms. The van der Waals surface area contributed by atoms with Crippen LogP contribution in [0.3, 0.4) is 0 Å². The Morgan fingerprint density at radius 3 is 2.81 bits per heavy atom. The number of aromatic nitrogens is 1. The van der Waals surface area contributed by atoms with Crippen LogP contribution in [0.4, 0.5) is 5.69 Å². The van der Waals surface area contributed by atoms with Crippen molar-refractivity contribution in [3.05, 3.63) is 53.9 Å². The second kappa shape index (κ2) is 9.69. The van der Waals surface area contributed by atoms with Crippen LogP contribution in [0.15, 0.2) is 42.6 Å². The molecule has 0 saturated carbocycles. The molecule has 32 heavy (non-hydrogen) atoms. The molecule has 170 valence electrons. The number of carbonyl (C=O) groups is 2. The number of nitrogens with zero attached hydrogens (tertiary/aromatic N) is 3. The number of aryl methyl sites for hydroxylation is 1. The molecule has 1 fully saturated rings. The van der Waals surface area contributed by atoms with E-state index in [1.165, 1.54) is 0 Å². The average Bonchev–Trinajstić information content (AvgIpc) is 3.29. The fourth-order valence-corrected chi connectivity index (χ4v) is 4.19. The van der Waals surface area contributed by atoms with Gasteiger partial charge in [-0.05, 0) is 55.5 Å². The summed E-state index contributed by atoms with van der Waals surface area (Å²) in [6.45, 7) is 7.42. The summed E-state index contributed by atoms with van der Waals surface area (Å²) in [7, 11) is 0. The van der Waals surface area contributed by atoms with Gasteiger partial charge < -0.3 is 14.4 Å². The summed E-state index contributed by atoms with van der Waals surface area (Å²) in [6.07, 6.45) is 3.06. The third-order valence-electron chi connectivity index (χ3n) is 5.95. The van der Waals surface area contributed by atoms with E-state index in [1.54, 1.807) is 16.0 Å². The van der Waals surface area contributed by atoms with Gasteiger partial charge in [0.2, 0.25) is 5.91 Å². The predicted octanol–water partition coefficient (Wildman–Crippen LogP) is 3.35. The minimum Gasteiger partial charge on any atom is -0.478 e. The van der Waals surface area contributed by atoms with Crippen LogP contribution < -0.4 is 9.64 Å². The molecule has 1 aromatic carbocycles. The van der Waals surface area contributed by atoms with E-state index in [4.69, 9.17) is 9.47 Å². The van der Waals surface area contributed by atoms with Crippen molar-refractivity contribution in [2.45, 2.75) is 52.4 Å². The maximum Gasteiger partial charge on any atom is 0.268 e. The third kappa shape index (κ3) is 4.93. The number of amides is 2. The average molecular weight is 438 g/mol. The first-order valence-corrected chi connectivity index (χ1v) is 11.3. The van der Waals surface area contributed by atoms with Crippen LogP contribution in [-0.4, -0.2) is 53.6 Å². The van der Waals surface area contributed by atoms with Gasteiger partial charge in [0, 0.05) is 19.3 Å². The van der Waals surface area contributed by atoms with Gasteiger partial charge in [0.05, 0.1) is 24.0 Å². The first-order valence-electron chi connectivity index (χ1n) is 11.3. The number of benzene rings is 1. The Balaban J connectivity index is 1.59. The number of anilines is 1. The molecule has 2 aliphatic heterocycles. The quantitative estimate of drug-likeness (QED) is 0.664. The fraction of sp³-hybridized carbons (Fsp3) is 0.480. The van der Waals surface area contributed by atoms with Gasteiger partial charge >= 0.3 is 0 Å². The lowest BCUT2D eigenvalue weighted by molar-refractivity contribution is -0.135. The summed E-state index contributed by atoms with van der Waals surface area (Å²) in [5.41, 5.74) is 2.46. The Labute approximate surface area is 189 Å². The van der Waals surface area contributed by atoms with Crippen molar-refractivity contribution in [2.24, 2.45) is 5.92 Å². The number of carbonyl (C=O) groups excluding carboxylic acids is 2. The van der Waals surface area contributed by atoms with E-state index in [2.05, 4.69) is 4.98 Å². The molecule has 2 unspecified atom stereocenters. The van der Waals surface area contributed by atoms with Crippen molar-refractivity contribution in [2.75, 3.05) is 24.6 Å². The van der Waals surface area contributed by atoms with Gasteiger partial charge in [0.15, 0.2) is 6.10 Å². The Kier molecular flexibility index (Phi) is 6.74. The fourth-order valence-electron chi connectivity index (χ4n) is 4.19. The zero-order valence-corrected chi connectivity index (χ0v) is 19.0. The molecule has 1 saturated heterocycles. The van der Waals surface area contributed by atoms with Crippen molar-refractivity contribution >= 4 is 17.5 Å². The second-order valence-corrected chi connectivity index (χ2v) is 8.91. The van der Waals surface area contributed by atoms with Crippen molar-refractivity contribution in [1.29, 1.82) is 0 Å². The normalized spacial score (nSPS) is 20.2. The smallest absolute Gasteiger partial charge is 0.268 e. The molecule has 1 aromatic heterocycles. The van der Waals surface area contributed by atoms with Gasteiger partial charge in [-0.1, -0.05) is 26.0 Å². The van der Waals surface area contributed by atoms with Gasteiger partial charge in [0.1, 0.15) is 12.3 Å². The molecule has 7 heteroatoms. The third-order valence-corrected chi connectivity index (χ3v) is 5.95. The summed E-state index contributed by atoms with van der Waals surface area (Å²) in [6, 6.07) is 11.4. The predicted molar refractivity (Wildman–Crippen MR) is 121 cm³/mol. The zero-order valence-electron chi connectivity index (χ0n) is 19.0. The van der Waals surface area contributed by atoms with Gasteiger partial charge in [-0.25, -0.2) is 0 Å². The first-order chi connectivity index (χ1) is 15.4. The number of fused-ring (bicyclic) bond motifs is 1. The molecule has 0 spiro atoms. The number of hydrogen-bond donors (Lipinski definition) is 0. The minimum absolute atomic E-state index is 0.00827. The Bertz CT molecular complexity index is 957. The van der Waals surface area contributed by atoms with E-state index in [1.807, 2.05) is 57.2 Å². The Morgan fingerprint density at radius 2 is 2.12 bits per heavy atom. The van der Waals surface area contributed by atoms with E-state index in [9.17, 15) is 9.59 Å². The topological polar surface area (TPSA) is 72.0 Å². The molecule has 2 atom stereocenters. The van der Waals surface area contributed by atoms with Crippen molar-refractivity contribution < 1.29 is 19.1 Å². The second-order valence-electron chi connectivity index (χ2n) is 8.91. The monoisotopic (exact) mass is 437 g/mol. The zero-order chi connectivity index (χ0) is 22.7. The van der Waals surface area contributed by atoms with Gasteiger partial charge in [-0.3, -0.25) is 19.5 Å². The van der Waals surface area contributed by atoms with E-state index < -0.39 is 6.10 Å². The van der Waals surface area contributed by atoms with E-state index >= 15 is 0 Å². The molecule has 7 nitrogen and oxygen atoms in total.